The third kappa shape index (κ3) is 3.69. The summed E-state index contributed by atoms with van der Waals surface area (Å²) in [5.74, 6) is 1.25. The summed E-state index contributed by atoms with van der Waals surface area (Å²) in [4.78, 5) is 12.1. The highest BCUT2D eigenvalue weighted by atomic mass is 35.5. The number of fused-ring (bicyclic) bond motifs is 1. The molecule has 3 rings (SSSR count). The van der Waals surface area contributed by atoms with Crippen LogP contribution in [0.3, 0.4) is 0 Å². The summed E-state index contributed by atoms with van der Waals surface area (Å²) >= 11 is 11.6. The summed E-state index contributed by atoms with van der Waals surface area (Å²) in [5, 5.41) is 3.44. The minimum Gasteiger partial charge on any atom is -0.494 e. The van der Waals surface area contributed by atoms with Gasteiger partial charge in [-0.3, -0.25) is 4.79 Å². The van der Waals surface area contributed by atoms with Gasteiger partial charge in [0.25, 0.3) is 5.91 Å². The third-order valence-corrected chi connectivity index (χ3v) is 4.00. The van der Waals surface area contributed by atoms with Crippen molar-refractivity contribution < 1.29 is 9.53 Å². The first-order valence-corrected chi connectivity index (χ1v) is 8.20. The zero-order valence-electron chi connectivity index (χ0n) is 12.3. The number of hydrogen-bond acceptors (Lipinski definition) is 2. The Morgan fingerprint density at radius 2 is 1.91 bits per heavy atom. The van der Waals surface area contributed by atoms with Gasteiger partial charge >= 0.3 is 0 Å². The first-order chi connectivity index (χ1) is 11.2. The molecule has 2 aromatic carbocycles. The summed E-state index contributed by atoms with van der Waals surface area (Å²) in [7, 11) is 0. The molecule has 0 atom stereocenters. The smallest absolute Gasteiger partial charge is 0.256 e. The van der Waals surface area contributed by atoms with Crippen molar-refractivity contribution in [3.63, 3.8) is 0 Å². The number of carbonyl (C=O) groups is 1. The van der Waals surface area contributed by atoms with Gasteiger partial charge in [-0.2, -0.15) is 0 Å². The number of nitrogens with one attached hydrogen (secondary N) is 1. The largest absolute Gasteiger partial charge is 0.494 e. The van der Waals surface area contributed by atoms with Crippen molar-refractivity contribution in [1.29, 1.82) is 0 Å². The monoisotopic (exact) mass is 347 g/mol. The molecule has 0 saturated heterocycles. The van der Waals surface area contributed by atoms with Crippen LogP contribution in [0.25, 0.3) is 11.6 Å². The standard InChI is InChI=1S/C18H15Cl2NO2/c19-8-1-9-23-14-5-2-12(3-6-14)10-16-15-11-13(20)4-7-17(15)21-18(16)22/h2-7,10-11H,1,8-9H2,(H,21,22)/b16-10+. The van der Waals surface area contributed by atoms with E-state index >= 15 is 0 Å². The lowest BCUT2D eigenvalue weighted by molar-refractivity contribution is -0.110. The van der Waals surface area contributed by atoms with E-state index in [9.17, 15) is 4.79 Å². The van der Waals surface area contributed by atoms with Crippen molar-refractivity contribution in [2.75, 3.05) is 17.8 Å². The number of halogens is 2. The van der Waals surface area contributed by atoms with Gasteiger partial charge in [-0.25, -0.2) is 0 Å². The molecule has 0 aromatic heterocycles. The Kier molecular flexibility index (Phi) is 4.89. The van der Waals surface area contributed by atoms with Crippen LogP contribution in [0.1, 0.15) is 17.5 Å². The second-order valence-corrected chi connectivity index (χ2v) is 5.98. The molecule has 0 fully saturated rings. The van der Waals surface area contributed by atoms with Crippen LogP contribution in [0.5, 0.6) is 5.75 Å². The minimum absolute atomic E-state index is 0.121. The number of amides is 1. The van der Waals surface area contributed by atoms with Crippen LogP contribution in [-0.4, -0.2) is 18.4 Å². The first kappa shape index (κ1) is 15.9. The zero-order valence-corrected chi connectivity index (χ0v) is 13.8. The molecule has 118 valence electrons. The molecular weight excluding hydrogens is 333 g/mol. The Morgan fingerprint density at radius 3 is 2.65 bits per heavy atom. The van der Waals surface area contributed by atoms with Gasteiger partial charge in [0.05, 0.1) is 6.61 Å². The minimum atomic E-state index is -0.121. The highest BCUT2D eigenvalue weighted by Crippen LogP contribution is 2.35. The predicted octanol–water partition coefficient (Wildman–Crippen LogP) is 4.84. The second kappa shape index (κ2) is 7.07. The fourth-order valence-corrected chi connectivity index (χ4v) is 2.66. The summed E-state index contributed by atoms with van der Waals surface area (Å²) in [6.07, 6.45) is 2.66. The molecule has 0 radical (unpaired) electrons. The molecule has 3 nitrogen and oxygen atoms in total. The number of ether oxygens (including phenoxy) is 1. The van der Waals surface area contributed by atoms with Crippen molar-refractivity contribution in [3.8, 4) is 5.75 Å². The van der Waals surface area contributed by atoms with Gasteiger partial charge in [0.15, 0.2) is 0 Å². The molecular formula is C18H15Cl2NO2. The maximum absolute atomic E-state index is 12.1. The number of carbonyl (C=O) groups excluding carboxylic acids is 1. The topological polar surface area (TPSA) is 38.3 Å². The van der Waals surface area contributed by atoms with E-state index in [2.05, 4.69) is 5.32 Å². The SMILES string of the molecule is O=C1Nc2ccc(Cl)cc2/C1=C\c1ccc(OCCCCl)cc1. The average molecular weight is 348 g/mol. The molecule has 2 aromatic rings. The fourth-order valence-electron chi connectivity index (χ4n) is 2.38. The molecule has 0 aliphatic carbocycles. The average Bonchev–Trinajstić information content (AvgIpc) is 2.85. The van der Waals surface area contributed by atoms with Gasteiger partial charge in [0.1, 0.15) is 5.75 Å². The molecule has 5 heteroatoms. The normalized spacial score (nSPS) is 14.7. The quantitative estimate of drug-likeness (QED) is 0.477. The second-order valence-electron chi connectivity index (χ2n) is 5.16. The Bertz CT molecular complexity index is 754. The molecule has 1 N–H and O–H groups in total. The number of alkyl halides is 1. The van der Waals surface area contributed by atoms with Crippen LogP contribution < -0.4 is 10.1 Å². The van der Waals surface area contributed by atoms with E-state index in [0.717, 1.165) is 29.0 Å². The van der Waals surface area contributed by atoms with Crippen molar-refractivity contribution in [2.24, 2.45) is 0 Å². The van der Waals surface area contributed by atoms with Gasteiger partial charge in [-0.1, -0.05) is 23.7 Å². The van der Waals surface area contributed by atoms with Crippen LogP contribution in [-0.2, 0) is 4.79 Å². The Morgan fingerprint density at radius 1 is 1.13 bits per heavy atom. The van der Waals surface area contributed by atoms with E-state index in [1.807, 2.05) is 36.4 Å². The number of benzene rings is 2. The van der Waals surface area contributed by atoms with Gasteiger partial charge in [0.2, 0.25) is 0 Å². The maximum Gasteiger partial charge on any atom is 0.256 e. The van der Waals surface area contributed by atoms with Crippen LogP contribution >= 0.6 is 23.2 Å². The van der Waals surface area contributed by atoms with Crippen LogP contribution in [0.2, 0.25) is 5.02 Å². The van der Waals surface area contributed by atoms with Gasteiger partial charge in [-0.05, 0) is 48.4 Å². The predicted molar refractivity (Wildman–Crippen MR) is 95.2 cm³/mol. The van der Waals surface area contributed by atoms with Gasteiger partial charge in [0, 0.05) is 27.7 Å². The fraction of sp³-hybridized carbons (Fsp3) is 0.167. The number of anilines is 1. The van der Waals surface area contributed by atoms with Crippen molar-refractivity contribution in [3.05, 3.63) is 58.6 Å². The Labute approximate surface area is 144 Å². The highest BCUT2D eigenvalue weighted by molar-refractivity contribution is 6.36. The lowest BCUT2D eigenvalue weighted by atomic mass is 10.0. The summed E-state index contributed by atoms with van der Waals surface area (Å²) in [5.41, 5.74) is 3.14. The van der Waals surface area contributed by atoms with Crippen LogP contribution in [0.4, 0.5) is 5.69 Å². The summed E-state index contributed by atoms with van der Waals surface area (Å²) < 4.78 is 5.56. The molecule has 1 aliphatic heterocycles. The molecule has 0 saturated carbocycles. The number of rotatable bonds is 5. The molecule has 23 heavy (non-hydrogen) atoms. The van der Waals surface area contributed by atoms with Crippen molar-refractivity contribution in [1.82, 2.24) is 0 Å². The van der Waals surface area contributed by atoms with Crippen molar-refractivity contribution >= 4 is 46.4 Å². The van der Waals surface area contributed by atoms with E-state index < -0.39 is 0 Å². The van der Waals surface area contributed by atoms with Crippen LogP contribution in [0, 0.1) is 0 Å². The molecule has 0 unspecified atom stereocenters. The van der Waals surface area contributed by atoms with Crippen molar-refractivity contribution in [2.45, 2.75) is 6.42 Å². The molecule has 1 heterocycles. The van der Waals surface area contributed by atoms with E-state index in [-0.39, 0.29) is 5.91 Å². The van der Waals surface area contributed by atoms with E-state index in [1.165, 1.54) is 0 Å². The highest BCUT2D eigenvalue weighted by Gasteiger charge is 2.24. The van der Waals surface area contributed by atoms with E-state index in [0.29, 0.717) is 23.1 Å². The van der Waals surface area contributed by atoms with Gasteiger partial charge in [-0.15, -0.1) is 11.6 Å². The summed E-state index contributed by atoms with van der Waals surface area (Å²) in [6, 6.07) is 13.0. The summed E-state index contributed by atoms with van der Waals surface area (Å²) in [6.45, 7) is 0.595. The Balaban J connectivity index is 1.82. The molecule has 1 aliphatic rings. The third-order valence-electron chi connectivity index (χ3n) is 3.50. The molecule has 0 spiro atoms. The van der Waals surface area contributed by atoms with Crippen LogP contribution in [0.15, 0.2) is 42.5 Å². The van der Waals surface area contributed by atoms with Gasteiger partial charge < -0.3 is 10.1 Å². The first-order valence-electron chi connectivity index (χ1n) is 7.29. The van der Waals surface area contributed by atoms with E-state index in [4.69, 9.17) is 27.9 Å². The zero-order chi connectivity index (χ0) is 16.2. The molecule has 1 amide bonds. The van der Waals surface area contributed by atoms with E-state index in [1.54, 1.807) is 12.1 Å². The number of hydrogen-bond donors (Lipinski definition) is 1. The molecule has 0 bridgehead atoms. The Hall–Kier alpha value is -1.97. The lowest BCUT2D eigenvalue weighted by Gasteiger charge is -2.05. The lowest BCUT2D eigenvalue weighted by Crippen LogP contribution is -2.03. The maximum atomic E-state index is 12.1.